The molecule has 2 rings (SSSR count). The number of ether oxygens (including phenoxy) is 1. The summed E-state index contributed by atoms with van der Waals surface area (Å²) < 4.78 is 5.56. The molecule has 106 valence electrons. The van der Waals surface area contributed by atoms with E-state index in [-0.39, 0.29) is 0 Å². The van der Waals surface area contributed by atoms with Crippen LogP contribution in [0, 0.1) is 11.8 Å². The summed E-state index contributed by atoms with van der Waals surface area (Å²) in [5, 5.41) is 3.48. The van der Waals surface area contributed by atoms with Crippen LogP contribution >= 0.6 is 0 Å². The molecule has 3 atom stereocenters. The fraction of sp³-hybridized carbons (Fsp3) is 1.00. The van der Waals surface area contributed by atoms with Crippen molar-refractivity contribution in [1.29, 1.82) is 0 Å². The van der Waals surface area contributed by atoms with Crippen LogP contribution in [0.1, 0.15) is 38.5 Å². The number of hydrogen-bond acceptors (Lipinski definition) is 3. The van der Waals surface area contributed by atoms with Gasteiger partial charge in [-0.25, -0.2) is 0 Å². The molecule has 0 bridgehead atoms. The molecule has 0 aromatic heterocycles. The van der Waals surface area contributed by atoms with Crippen LogP contribution in [0.4, 0.5) is 0 Å². The van der Waals surface area contributed by atoms with Gasteiger partial charge in [0.05, 0.1) is 6.61 Å². The minimum atomic E-state index is 0.771. The van der Waals surface area contributed by atoms with Crippen LogP contribution in [-0.4, -0.2) is 51.3 Å². The predicted molar refractivity (Wildman–Crippen MR) is 75.8 cm³/mol. The molecule has 1 saturated heterocycles. The van der Waals surface area contributed by atoms with Gasteiger partial charge < -0.3 is 15.0 Å². The van der Waals surface area contributed by atoms with Crippen LogP contribution in [0.25, 0.3) is 0 Å². The van der Waals surface area contributed by atoms with Crippen molar-refractivity contribution in [2.45, 2.75) is 44.6 Å². The van der Waals surface area contributed by atoms with E-state index >= 15 is 0 Å². The zero-order chi connectivity index (χ0) is 12.8. The standard InChI is InChI=1S/C15H30N2O/c1-16-15-7-3-6-14(15)8-9-17(2)11-13-5-4-10-18-12-13/h13-16H,3-12H2,1-2H3. The maximum Gasteiger partial charge on any atom is 0.0506 e. The molecule has 1 aliphatic heterocycles. The van der Waals surface area contributed by atoms with Crippen LogP contribution in [0.3, 0.4) is 0 Å². The molecule has 3 nitrogen and oxygen atoms in total. The summed E-state index contributed by atoms with van der Waals surface area (Å²) in [5.41, 5.74) is 0. The van der Waals surface area contributed by atoms with Crippen molar-refractivity contribution in [2.24, 2.45) is 11.8 Å². The highest BCUT2D eigenvalue weighted by Crippen LogP contribution is 2.28. The van der Waals surface area contributed by atoms with Crippen LogP contribution < -0.4 is 5.32 Å². The van der Waals surface area contributed by atoms with E-state index in [4.69, 9.17) is 4.74 Å². The summed E-state index contributed by atoms with van der Waals surface area (Å²) in [5.74, 6) is 1.67. The quantitative estimate of drug-likeness (QED) is 0.786. The summed E-state index contributed by atoms with van der Waals surface area (Å²) in [6.45, 7) is 4.43. The third kappa shape index (κ3) is 4.22. The molecule has 2 aliphatic rings. The Morgan fingerprint density at radius 3 is 2.83 bits per heavy atom. The van der Waals surface area contributed by atoms with Gasteiger partial charge in [0.1, 0.15) is 0 Å². The van der Waals surface area contributed by atoms with E-state index in [0.29, 0.717) is 0 Å². The van der Waals surface area contributed by atoms with Gasteiger partial charge in [-0.1, -0.05) is 6.42 Å². The van der Waals surface area contributed by atoms with E-state index < -0.39 is 0 Å². The van der Waals surface area contributed by atoms with Crippen LogP contribution in [-0.2, 0) is 4.74 Å². The fourth-order valence-corrected chi connectivity index (χ4v) is 3.63. The number of nitrogens with zero attached hydrogens (tertiary/aromatic N) is 1. The Morgan fingerprint density at radius 2 is 2.11 bits per heavy atom. The Balaban J connectivity index is 1.63. The SMILES string of the molecule is CNC1CCCC1CCN(C)CC1CCCOC1. The average molecular weight is 254 g/mol. The normalized spacial score (nSPS) is 33.2. The molecule has 2 fully saturated rings. The van der Waals surface area contributed by atoms with E-state index in [0.717, 1.165) is 31.1 Å². The first-order chi connectivity index (χ1) is 8.79. The minimum Gasteiger partial charge on any atom is -0.381 e. The molecule has 0 spiro atoms. The Kier molecular flexibility index (Phi) is 5.93. The van der Waals surface area contributed by atoms with Crippen molar-refractivity contribution in [3.05, 3.63) is 0 Å². The van der Waals surface area contributed by atoms with Gasteiger partial charge in [-0.2, -0.15) is 0 Å². The van der Waals surface area contributed by atoms with Crippen molar-refractivity contribution in [1.82, 2.24) is 10.2 Å². The van der Waals surface area contributed by atoms with Gasteiger partial charge >= 0.3 is 0 Å². The predicted octanol–water partition coefficient (Wildman–Crippen LogP) is 2.12. The lowest BCUT2D eigenvalue weighted by Gasteiger charge is -2.28. The zero-order valence-corrected chi connectivity index (χ0v) is 12.2. The van der Waals surface area contributed by atoms with Gasteiger partial charge in [0.15, 0.2) is 0 Å². The first-order valence-corrected chi connectivity index (χ1v) is 7.73. The molecule has 3 heteroatoms. The van der Waals surface area contributed by atoms with Crippen molar-refractivity contribution in [3.63, 3.8) is 0 Å². The maximum absolute atomic E-state index is 5.56. The fourth-order valence-electron chi connectivity index (χ4n) is 3.63. The molecule has 18 heavy (non-hydrogen) atoms. The van der Waals surface area contributed by atoms with E-state index in [1.54, 1.807) is 0 Å². The topological polar surface area (TPSA) is 24.5 Å². The average Bonchev–Trinajstić information content (AvgIpc) is 2.85. The molecule has 1 aliphatic carbocycles. The van der Waals surface area contributed by atoms with Crippen molar-refractivity contribution >= 4 is 0 Å². The smallest absolute Gasteiger partial charge is 0.0506 e. The second-order valence-electron chi connectivity index (χ2n) is 6.22. The van der Waals surface area contributed by atoms with Crippen LogP contribution in [0.2, 0.25) is 0 Å². The minimum absolute atomic E-state index is 0.771. The lowest BCUT2D eigenvalue weighted by Crippen LogP contribution is -2.34. The second kappa shape index (κ2) is 7.46. The molecule has 3 unspecified atom stereocenters. The first-order valence-electron chi connectivity index (χ1n) is 7.73. The summed E-state index contributed by atoms with van der Waals surface area (Å²) in [7, 11) is 4.39. The van der Waals surface area contributed by atoms with Crippen molar-refractivity contribution in [3.8, 4) is 0 Å². The lowest BCUT2D eigenvalue weighted by atomic mass is 9.98. The maximum atomic E-state index is 5.56. The first kappa shape index (κ1) is 14.3. The largest absolute Gasteiger partial charge is 0.381 e. The van der Waals surface area contributed by atoms with Gasteiger partial charge in [-0.3, -0.25) is 0 Å². The number of nitrogens with one attached hydrogen (secondary N) is 1. The van der Waals surface area contributed by atoms with Crippen LogP contribution in [0.5, 0.6) is 0 Å². The van der Waals surface area contributed by atoms with Gasteiger partial charge in [0.2, 0.25) is 0 Å². The Hall–Kier alpha value is -0.120. The van der Waals surface area contributed by atoms with Gasteiger partial charge in [0, 0.05) is 19.2 Å². The summed E-state index contributed by atoms with van der Waals surface area (Å²) >= 11 is 0. The van der Waals surface area contributed by atoms with E-state index in [9.17, 15) is 0 Å². The Labute approximate surface area is 112 Å². The molecule has 0 aromatic rings. The number of hydrogen-bond donors (Lipinski definition) is 1. The third-order valence-electron chi connectivity index (χ3n) is 4.74. The summed E-state index contributed by atoms with van der Waals surface area (Å²) in [6, 6.07) is 0.774. The van der Waals surface area contributed by atoms with Gasteiger partial charge in [0.25, 0.3) is 0 Å². The molecular weight excluding hydrogens is 224 g/mol. The second-order valence-corrected chi connectivity index (χ2v) is 6.22. The molecule has 1 saturated carbocycles. The van der Waals surface area contributed by atoms with E-state index in [1.165, 1.54) is 51.6 Å². The monoisotopic (exact) mass is 254 g/mol. The highest BCUT2D eigenvalue weighted by molar-refractivity contribution is 4.82. The molecular formula is C15H30N2O. The summed E-state index contributed by atoms with van der Waals surface area (Å²) in [4.78, 5) is 2.52. The van der Waals surface area contributed by atoms with E-state index in [2.05, 4.69) is 24.3 Å². The highest BCUT2D eigenvalue weighted by atomic mass is 16.5. The molecule has 1 heterocycles. The third-order valence-corrected chi connectivity index (χ3v) is 4.74. The van der Waals surface area contributed by atoms with Crippen molar-refractivity contribution in [2.75, 3.05) is 40.4 Å². The summed E-state index contributed by atoms with van der Waals surface area (Å²) in [6.07, 6.45) is 8.18. The molecule has 0 amide bonds. The Bertz CT molecular complexity index is 229. The highest BCUT2D eigenvalue weighted by Gasteiger charge is 2.26. The van der Waals surface area contributed by atoms with E-state index in [1.807, 2.05) is 0 Å². The molecule has 0 radical (unpaired) electrons. The number of rotatable bonds is 6. The zero-order valence-electron chi connectivity index (χ0n) is 12.2. The molecule has 0 aromatic carbocycles. The molecule has 1 N–H and O–H groups in total. The van der Waals surface area contributed by atoms with Gasteiger partial charge in [-0.05, 0) is 64.6 Å². The van der Waals surface area contributed by atoms with Crippen LogP contribution in [0.15, 0.2) is 0 Å². The Morgan fingerprint density at radius 1 is 1.22 bits per heavy atom. The lowest BCUT2D eigenvalue weighted by molar-refractivity contribution is 0.0413. The van der Waals surface area contributed by atoms with Crippen molar-refractivity contribution < 1.29 is 4.74 Å². The van der Waals surface area contributed by atoms with Gasteiger partial charge in [-0.15, -0.1) is 0 Å².